The highest BCUT2D eigenvalue weighted by atomic mass is 16.3. The van der Waals surface area contributed by atoms with Gasteiger partial charge in [-0.25, -0.2) is 9.97 Å². The van der Waals surface area contributed by atoms with Gasteiger partial charge >= 0.3 is 0 Å². The van der Waals surface area contributed by atoms with Gasteiger partial charge in [0.05, 0.1) is 11.4 Å². The third-order valence-corrected chi connectivity index (χ3v) is 11.0. The van der Waals surface area contributed by atoms with Gasteiger partial charge in [0.15, 0.2) is 11.2 Å². The highest BCUT2D eigenvalue weighted by Crippen LogP contribution is 2.46. The monoisotopic (exact) mass is 734 g/mol. The van der Waals surface area contributed by atoms with E-state index in [1.807, 2.05) is 24.3 Å². The van der Waals surface area contributed by atoms with Gasteiger partial charge in [0.25, 0.3) is 0 Å². The van der Waals surface area contributed by atoms with Crippen LogP contribution in [0.25, 0.3) is 76.8 Å². The van der Waals surface area contributed by atoms with Gasteiger partial charge in [-0.05, 0) is 108 Å². The van der Waals surface area contributed by atoms with E-state index >= 15 is 0 Å². The van der Waals surface area contributed by atoms with Crippen molar-refractivity contribution >= 4 is 111 Å². The summed E-state index contributed by atoms with van der Waals surface area (Å²) >= 11 is 0. The minimum atomic E-state index is 0.618. The minimum Gasteiger partial charge on any atom is -0.456 e. The molecule has 0 saturated carbocycles. The van der Waals surface area contributed by atoms with Crippen molar-refractivity contribution in [1.82, 2.24) is 9.97 Å². The Morgan fingerprint density at radius 2 is 0.895 bits per heavy atom. The zero-order chi connectivity index (χ0) is 37.5. The normalized spacial score (nSPS) is 11.9. The van der Waals surface area contributed by atoms with Crippen LogP contribution in [0.1, 0.15) is 0 Å². The third kappa shape index (κ3) is 4.86. The highest BCUT2D eigenvalue weighted by molar-refractivity contribution is 6.20. The van der Waals surface area contributed by atoms with Crippen molar-refractivity contribution in [3.05, 3.63) is 182 Å². The summed E-state index contributed by atoms with van der Waals surface area (Å²) in [4.78, 5) is 13.6. The molecule has 0 aliphatic heterocycles. The second-order valence-corrected chi connectivity index (χ2v) is 14.2. The van der Waals surface area contributed by atoms with Crippen molar-refractivity contribution in [1.29, 1.82) is 0 Å². The van der Waals surface area contributed by atoms with Crippen LogP contribution in [0.15, 0.2) is 196 Å². The van der Waals surface area contributed by atoms with Gasteiger partial charge in [-0.3, -0.25) is 0 Å². The summed E-state index contributed by atoms with van der Waals surface area (Å²) in [5, 5.41) is 8.30. The Kier molecular flexibility index (Phi) is 6.79. The van der Waals surface area contributed by atoms with Crippen LogP contribution in [0.5, 0.6) is 0 Å². The number of rotatable bonds is 6. The lowest BCUT2D eigenvalue weighted by Crippen LogP contribution is -2.10. The summed E-state index contributed by atoms with van der Waals surface area (Å²) in [5.41, 5.74) is 10.3. The quantitative estimate of drug-likeness (QED) is 0.168. The van der Waals surface area contributed by atoms with Gasteiger partial charge in [0, 0.05) is 67.5 Å². The zero-order valence-electron chi connectivity index (χ0n) is 30.3. The lowest BCUT2D eigenvalue weighted by molar-refractivity contribution is 0.654. The molecule has 0 spiro atoms. The predicted octanol–water partition coefficient (Wildman–Crippen LogP) is 14.3. The van der Waals surface area contributed by atoms with Crippen molar-refractivity contribution in [2.24, 2.45) is 0 Å². The van der Waals surface area contributed by atoms with Gasteiger partial charge in [-0.15, -0.1) is 0 Å². The first-order valence-electron chi connectivity index (χ1n) is 18.9. The van der Waals surface area contributed by atoms with E-state index in [1.54, 1.807) is 12.4 Å². The van der Waals surface area contributed by atoms with Crippen LogP contribution < -0.4 is 9.80 Å². The highest BCUT2D eigenvalue weighted by Gasteiger charge is 2.23. The van der Waals surface area contributed by atoms with Gasteiger partial charge in [0.1, 0.15) is 11.2 Å². The summed E-state index contributed by atoms with van der Waals surface area (Å²) in [7, 11) is 0. The SMILES string of the molecule is c1ccc(N(c2ccc3c(ccc4oc5ccc(N(c6ccccc6)c6cccc7c6oc6ncccc67)cc5c43)c2)c2cccc3c2oc2ncccc23)cc1. The third-order valence-electron chi connectivity index (χ3n) is 11.0. The molecule has 0 unspecified atom stereocenters. The Labute approximate surface area is 325 Å². The molecule has 0 aliphatic rings. The van der Waals surface area contributed by atoms with Crippen molar-refractivity contribution < 1.29 is 13.3 Å². The number of pyridine rings is 2. The molecule has 0 aliphatic carbocycles. The molecule has 0 fully saturated rings. The fourth-order valence-corrected chi connectivity index (χ4v) is 8.46. The van der Waals surface area contributed by atoms with Gasteiger partial charge in [0.2, 0.25) is 11.4 Å². The van der Waals surface area contributed by atoms with E-state index in [9.17, 15) is 0 Å². The molecule has 0 saturated heterocycles. The first kappa shape index (κ1) is 31.5. The lowest BCUT2D eigenvalue weighted by atomic mass is 10.0. The molecule has 12 rings (SSSR count). The fraction of sp³-hybridized carbons (Fsp3) is 0. The minimum absolute atomic E-state index is 0.618. The molecule has 5 heterocycles. The second-order valence-electron chi connectivity index (χ2n) is 14.2. The van der Waals surface area contributed by atoms with Crippen LogP contribution in [0.3, 0.4) is 0 Å². The van der Waals surface area contributed by atoms with E-state index in [0.717, 1.165) is 99.5 Å². The van der Waals surface area contributed by atoms with Crippen LogP contribution in [0, 0.1) is 0 Å². The van der Waals surface area contributed by atoms with E-state index < -0.39 is 0 Å². The van der Waals surface area contributed by atoms with Gasteiger partial charge in [-0.2, -0.15) is 0 Å². The number of fused-ring (bicyclic) bond motifs is 11. The molecule has 7 aromatic carbocycles. The molecular weight excluding hydrogens is 705 g/mol. The van der Waals surface area contributed by atoms with E-state index in [-0.39, 0.29) is 0 Å². The Balaban J connectivity index is 1.05. The molecule has 0 N–H and O–H groups in total. The number of furan rings is 3. The maximum absolute atomic E-state index is 6.54. The summed E-state index contributed by atoms with van der Waals surface area (Å²) in [5.74, 6) is 0. The number of hydrogen-bond acceptors (Lipinski definition) is 7. The number of hydrogen-bond donors (Lipinski definition) is 0. The van der Waals surface area contributed by atoms with Crippen molar-refractivity contribution in [3.63, 3.8) is 0 Å². The van der Waals surface area contributed by atoms with Crippen LogP contribution in [-0.4, -0.2) is 9.97 Å². The molecule has 12 aromatic rings. The number of para-hydroxylation sites is 4. The largest absolute Gasteiger partial charge is 0.456 e. The summed E-state index contributed by atoms with van der Waals surface area (Å²) in [6, 6.07) is 58.7. The standard InChI is InChI=1S/C50H30N4O3/c1-3-11-32(12-4-1)53(42-19-7-15-37-39-17-9-27-51-49(39)56-47(37)42)34-22-24-36-31(29-34)21-25-45-46(36)41-30-35(23-26-44(41)55-45)54(33-13-5-2-6-14-33)43-20-8-16-38-40-18-10-28-52-50(40)57-48(38)43/h1-30H. The van der Waals surface area contributed by atoms with Crippen molar-refractivity contribution in [3.8, 4) is 0 Å². The zero-order valence-corrected chi connectivity index (χ0v) is 30.3. The maximum atomic E-state index is 6.54. The lowest BCUT2D eigenvalue weighted by Gasteiger charge is -2.26. The summed E-state index contributed by atoms with van der Waals surface area (Å²) in [6.45, 7) is 0. The van der Waals surface area contributed by atoms with Crippen molar-refractivity contribution in [2.75, 3.05) is 9.80 Å². The van der Waals surface area contributed by atoms with E-state index in [0.29, 0.717) is 11.4 Å². The summed E-state index contributed by atoms with van der Waals surface area (Å²) < 4.78 is 19.4. The smallest absolute Gasteiger partial charge is 0.227 e. The van der Waals surface area contributed by atoms with Crippen LogP contribution in [0.4, 0.5) is 34.1 Å². The molecule has 7 nitrogen and oxygen atoms in total. The Hall–Kier alpha value is -7.90. The fourth-order valence-electron chi connectivity index (χ4n) is 8.46. The molecule has 268 valence electrons. The average molecular weight is 735 g/mol. The molecule has 0 radical (unpaired) electrons. The second kappa shape index (κ2) is 12.3. The first-order chi connectivity index (χ1) is 28.3. The Bertz CT molecular complexity index is 3500. The van der Waals surface area contributed by atoms with Crippen LogP contribution in [0.2, 0.25) is 0 Å². The summed E-state index contributed by atoms with van der Waals surface area (Å²) in [6.07, 6.45) is 3.53. The molecule has 7 heteroatoms. The molecular formula is C50H30N4O3. The molecule has 0 amide bonds. The molecule has 5 aromatic heterocycles. The van der Waals surface area contributed by atoms with Gasteiger partial charge < -0.3 is 23.1 Å². The predicted molar refractivity (Wildman–Crippen MR) is 231 cm³/mol. The molecule has 57 heavy (non-hydrogen) atoms. The average Bonchev–Trinajstić information content (AvgIpc) is 3.97. The molecule has 0 atom stereocenters. The van der Waals surface area contributed by atoms with E-state index in [4.69, 9.17) is 13.3 Å². The molecule has 0 bridgehead atoms. The van der Waals surface area contributed by atoms with E-state index in [2.05, 4.69) is 165 Å². The van der Waals surface area contributed by atoms with Crippen molar-refractivity contribution in [2.45, 2.75) is 0 Å². The number of anilines is 6. The van der Waals surface area contributed by atoms with E-state index in [1.165, 1.54) is 0 Å². The first-order valence-corrected chi connectivity index (χ1v) is 18.9. The topological polar surface area (TPSA) is 71.7 Å². The van der Waals surface area contributed by atoms with Crippen LogP contribution in [-0.2, 0) is 0 Å². The number of benzene rings is 7. The van der Waals surface area contributed by atoms with Crippen LogP contribution >= 0.6 is 0 Å². The maximum Gasteiger partial charge on any atom is 0.227 e. The Morgan fingerprint density at radius 1 is 0.351 bits per heavy atom. The van der Waals surface area contributed by atoms with Gasteiger partial charge in [-0.1, -0.05) is 72.8 Å². The number of aromatic nitrogens is 2. The Morgan fingerprint density at radius 3 is 1.51 bits per heavy atom. The number of nitrogens with zero attached hydrogens (tertiary/aromatic N) is 4.